The molecule has 0 amide bonds. The molecule has 3 nitrogen and oxygen atoms in total. The Labute approximate surface area is 129 Å². The summed E-state index contributed by atoms with van der Waals surface area (Å²) in [6.45, 7) is 12.3. The van der Waals surface area contributed by atoms with E-state index in [0.29, 0.717) is 6.42 Å². The number of hydrogen-bond donors (Lipinski definition) is 2. The molecule has 1 aliphatic rings. The molecule has 0 fully saturated rings. The van der Waals surface area contributed by atoms with E-state index < -0.39 is 19.7 Å². The molecule has 0 saturated carbocycles. The highest BCUT2D eigenvalue weighted by Gasteiger charge is 2.55. The highest BCUT2D eigenvalue weighted by Crippen LogP contribution is 2.48. The number of fused-ring (bicyclic) bond motifs is 1. The van der Waals surface area contributed by atoms with Crippen LogP contribution in [-0.4, -0.2) is 24.3 Å². The van der Waals surface area contributed by atoms with Crippen LogP contribution in [0.3, 0.4) is 0 Å². The van der Waals surface area contributed by atoms with Gasteiger partial charge >= 0.3 is 0 Å². The van der Waals surface area contributed by atoms with E-state index in [4.69, 9.17) is 4.43 Å². The van der Waals surface area contributed by atoms with Crippen molar-refractivity contribution in [1.82, 2.24) is 0 Å². The number of benzene rings is 1. The molecule has 0 bridgehead atoms. The molecular formula is C17H28O3Si. The normalized spacial score (nSPS) is 30.1. The summed E-state index contributed by atoms with van der Waals surface area (Å²) in [4.78, 5) is 0. The van der Waals surface area contributed by atoms with Gasteiger partial charge in [-0.05, 0) is 42.6 Å². The van der Waals surface area contributed by atoms with Gasteiger partial charge in [0.1, 0.15) is 5.60 Å². The zero-order valence-electron chi connectivity index (χ0n) is 14.0. The Bertz CT molecular complexity index is 531. The van der Waals surface area contributed by atoms with Crippen LogP contribution in [-0.2, 0) is 16.4 Å². The molecular weight excluding hydrogens is 280 g/mol. The third kappa shape index (κ3) is 2.70. The minimum absolute atomic E-state index is 0.0181. The Hall–Kier alpha value is -0.683. The largest absolute Gasteiger partial charge is 0.388 e. The Morgan fingerprint density at radius 1 is 1.14 bits per heavy atom. The fraction of sp³-hybridized carbons (Fsp3) is 0.647. The maximum absolute atomic E-state index is 11.1. The first kappa shape index (κ1) is 16.7. The molecule has 0 radical (unpaired) electrons. The average molecular weight is 308 g/mol. The van der Waals surface area contributed by atoms with Crippen molar-refractivity contribution in [3.05, 3.63) is 35.4 Å². The van der Waals surface area contributed by atoms with Crippen molar-refractivity contribution in [2.24, 2.45) is 0 Å². The van der Waals surface area contributed by atoms with Gasteiger partial charge in [-0.1, -0.05) is 45.0 Å². The fourth-order valence-corrected chi connectivity index (χ4v) is 4.15. The summed E-state index contributed by atoms with van der Waals surface area (Å²) in [5.74, 6) is -1.52. The Kier molecular flexibility index (Phi) is 3.90. The minimum atomic E-state index is -2.18. The lowest BCUT2D eigenvalue weighted by molar-refractivity contribution is -0.271. The molecule has 0 spiro atoms. The van der Waals surface area contributed by atoms with Gasteiger partial charge in [-0.25, -0.2) is 0 Å². The van der Waals surface area contributed by atoms with E-state index >= 15 is 0 Å². The molecule has 1 unspecified atom stereocenters. The summed E-state index contributed by atoms with van der Waals surface area (Å²) in [5.41, 5.74) is 0.473. The molecule has 2 N–H and O–H groups in total. The van der Waals surface area contributed by atoms with Crippen LogP contribution in [0.1, 0.15) is 45.2 Å². The van der Waals surface area contributed by atoms with Gasteiger partial charge in [-0.2, -0.15) is 0 Å². The maximum atomic E-state index is 11.1. The lowest BCUT2D eigenvalue weighted by Crippen LogP contribution is -2.61. The van der Waals surface area contributed by atoms with Crippen molar-refractivity contribution >= 4 is 8.32 Å². The predicted molar refractivity (Wildman–Crippen MR) is 87.6 cm³/mol. The van der Waals surface area contributed by atoms with Crippen LogP contribution in [0.25, 0.3) is 0 Å². The molecule has 118 valence electrons. The highest BCUT2D eigenvalue weighted by atomic mass is 28.4. The first-order chi connectivity index (χ1) is 9.41. The van der Waals surface area contributed by atoms with E-state index in [0.717, 1.165) is 17.5 Å². The zero-order chi connectivity index (χ0) is 16.1. The monoisotopic (exact) mass is 308 g/mol. The molecule has 0 heterocycles. The number of aryl methyl sites for hydroxylation is 1. The number of aliphatic hydroxyl groups is 2. The number of rotatable bonds is 2. The first-order valence-corrected chi connectivity index (χ1v) is 10.5. The Morgan fingerprint density at radius 3 is 2.29 bits per heavy atom. The molecule has 0 aliphatic heterocycles. The van der Waals surface area contributed by atoms with Crippen molar-refractivity contribution in [1.29, 1.82) is 0 Å². The van der Waals surface area contributed by atoms with Gasteiger partial charge in [-0.3, -0.25) is 0 Å². The van der Waals surface area contributed by atoms with Gasteiger partial charge in [0, 0.05) is 6.42 Å². The fourth-order valence-electron chi connectivity index (χ4n) is 2.70. The highest BCUT2D eigenvalue weighted by molar-refractivity contribution is 6.74. The second-order valence-electron chi connectivity index (χ2n) is 7.88. The lowest BCUT2D eigenvalue weighted by atomic mass is 9.76. The maximum Gasteiger partial charge on any atom is 0.195 e. The van der Waals surface area contributed by atoms with E-state index in [-0.39, 0.29) is 5.04 Å². The SMILES string of the molecule is CC1(O)c2ccccc2CC[C@]1(O)O[Si](C)(C)C(C)(C)C. The second-order valence-corrected chi connectivity index (χ2v) is 12.6. The smallest absolute Gasteiger partial charge is 0.195 e. The van der Waals surface area contributed by atoms with Crippen LogP contribution in [0.5, 0.6) is 0 Å². The minimum Gasteiger partial charge on any atom is -0.388 e. The van der Waals surface area contributed by atoms with Crippen molar-refractivity contribution < 1.29 is 14.6 Å². The standard InChI is InChI=1S/C17H28O3Si/c1-15(2,3)21(5,6)20-17(19)12-11-13-9-7-8-10-14(13)16(17,4)18/h7-10,18-19H,11-12H2,1-6H3/t16?,17-/m0/s1. The molecule has 1 aromatic carbocycles. The van der Waals surface area contributed by atoms with E-state index in [2.05, 4.69) is 33.9 Å². The van der Waals surface area contributed by atoms with E-state index in [1.54, 1.807) is 6.92 Å². The van der Waals surface area contributed by atoms with Crippen molar-refractivity contribution in [3.63, 3.8) is 0 Å². The lowest BCUT2D eigenvalue weighted by Gasteiger charge is -2.51. The van der Waals surface area contributed by atoms with Gasteiger partial charge in [0.15, 0.2) is 14.1 Å². The molecule has 4 heteroatoms. The third-order valence-corrected chi connectivity index (χ3v) is 9.73. The Morgan fingerprint density at radius 2 is 1.71 bits per heavy atom. The Balaban J connectivity index is 2.41. The van der Waals surface area contributed by atoms with Crippen LogP contribution in [0, 0.1) is 0 Å². The topological polar surface area (TPSA) is 49.7 Å². The molecule has 0 aromatic heterocycles. The van der Waals surface area contributed by atoms with E-state index in [9.17, 15) is 10.2 Å². The van der Waals surface area contributed by atoms with Gasteiger partial charge < -0.3 is 14.6 Å². The van der Waals surface area contributed by atoms with Gasteiger partial charge in [0.2, 0.25) is 0 Å². The van der Waals surface area contributed by atoms with Gasteiger partial charge in [0.05, 0.1) is 0 Å². The van der Waals surface area contributed by atoms with E-state index in [1.807, 2.05) is 24.3 Å². The summed E-state index contributed by atoms with van der Waals surface area (Å²) in [7, 11) is -2.18. The summed E-state index contributed by atoms with van der Waals surface area (Å²) in [6, 6.07) is 7.75. The summed E-state index contributed by atoms with van der Waals surface area (Å²) < 4.78 is 6.25. The molecule has 0 saturated heterocycles. The van der Waals surface area contributed by atoms with Crippen molar-refractivity contribution in [2.75, 3.05) is 0 Å². The molecule has 2 atom stereocenters. The van der Waals surface area contributed by atoms with Crippen LogP contribution < -0.4 is 0 Å². The average Bonchev–Trinajstić information content (AvgIpc) is 2.33. The molecule has 1 aromatic rings. The van der Waals surface area contributed by atoms with Crippen LogP contribution in [0.15, 0.2) is 24.3 Å². The third-order valence-electron chi connectivity index (χ3n) is 5.27. The first-order valence-electron chi connectivity index (χ1n) is 7.64. The summed E-state index contributed by atoms with van der Waals surface area (Å²) in [6.07, 6.45) is 1.14. The summed E-state index contributed by atoms with van der Waals surface area (Å²) >= 11 is 0. The van der Waals surface area contributed by atoms with E-state index in [1.165, 1.54) is 0 Å². The van der Waals surface area contributed by atoms with Crippen LogP contribution in [0.4, 0.5) is 0 Å². The van der Waals surface area contributed by atoms with Gasteiger partial charge in [-0.15, -0.1) is 0 Å². The molecule has 21 heavy (non-hydrogen) atoms. The quantitative estimate of drug-likeness (QED) is 0.649. The predicted octanol–water partition coefficient (Wildman–Crippen LogP) is 3.55. The second kappa shape index (κ2) is 4.91. The van der Waals surface area contributed by atoms with Crippen molar-refractivity contribution in [3.8, 4) is 0 Å². The zero-order valence-corrected chi connectivity index (χ0v) is 15.0. The molecule has 1 aliphatic carbocycles. The van der Waals surface area contributed by atoms with Gasteiger partial charge in [0.25, 0.3) is 0 Å². The van der Waals surface area contributed by atoms with Crippen molar-refractivity contribution in [2.45, 2.75) is 70.1 Å². The molecule has 2 rings (SSSR count). The summed E-state index contributed by atoms with van der Waals surface area (Å²) in [5, 5.41) is 22.1. The number of hydrogen-bond acceptors (Lipinski definition) is 3. The van der Waals surface area contributed by atoms with Crippen LogP contribution >= 0.6 is 0 Å². The van der Waals surface area contributed by atoms with Crippen LogP contribution in [0.2, 0.25) is 18.1 Å².